The SMILES string of the molecule is COc1cccc(/C=C(\NC(=O)c2ccccc2)C(=O)Nc2ccc(SC(C)C(=O)Nc3nc(-c4cccs4)cs3)cc2)c1. The molecule has 3 N–H and O–H groups in total. The maximum absolute atomic E-state index is 13.4. The Labute approximate surface area is 267 Å². The normalized spacial score (nSPS) is 11.8. The fourth-order valence-corrected chi connectivity index (χ4v) is 6.33. The van der Waals surface area contributed by atoms with E-state index in [0.717, 1.165) is 15.5 Å². The monoisotopic (exact) mass is 640 g/mol. The first kappa shape index (κ1) is 30.7. The van der Waals surface area contributed by atoms with Crippen molar-refractivity contribution in [2.45, 2.75) is 17.1 Å². The van der Waals surface area contributed by atoms with Crippen LogP contribution in [-0.2, 0) is 9.59 Å². The van der Waals surface area contributed by atoms with Gasteiger partial charge in [0.05, 0.1) is 22.9 Å². The molecule has 5 rings (SSSR count). The average molecular weight is 641 g/mol. The number of nitrogens with one attached hydrogen (secondary N) is 3. The minimum atomic E-state index is -0.490. The Kier molecular flexibility index (Phi) is 10.2. The molecule has 0 saturated heterocycles. The standard InChI is InChI=1S/C33H28N4O4S3/c1-21(30(38)37-33-36-28(20-43-33)29-12-7-17-42-29)44-26-15-13-24(14-16-26)34-32(40)27(19-22-8-6-11-25(18-22)41-2)35-31(39)23-9-4-3-5-10-23/h3-21H,1-2H3,(H,34,40)(H,35,39)(H,36,37,38)/b27-19-. The van der Waals surface area contributed by atoms with Crippen molar-refractivity contribution >= 4 is 69.1 Å². The van der Waals surface area contributed by atoms with Crippen LogP contribution in [0.15, 0.2) is 112 Å². The van der Waals surface area contributed by atoms with Crippen LogP contribution in [0.5, 0.6) is 5.75 Å². The van der Waals surface area contributed by atoms with E-state index in [1.807, 2.05) is 54.1 Å². The van der Waals surface area contributed by atoms with Gasteiger partial charge in [0.1, 0.15) is 11.4 Å². The first-order chi connectivity index (χ1) is 21.4. The Morgan fingerprint density at radius 3 is 2.43 bits per heavy atom. The lowest BCUT2D eigenvalue weighted by atomic mass is 10.1. The second kappa shape index (κ2) is 14.6. The Bertz CT molecular complexity index is 1770. The van der Waals surface area contributed by atoms with Crippen molar-refractivity contribution in [2.24, 2.45) is 0 Å². The highest BCUT2D eigenvalue weighted by Crippen LogP contribution is 2.30. The van der Waals surface area contributed by atoms with Gasteiger partial charge in [-0.3, -0.25) is 14.4 Å². The number of aromatic nitrogens is 1. The number of ether oxygens (including phenoxy) is 1. The summed E-state index contributed by atoms with van der Waals surface area (Å²) in [6.45, 7) is 1.83. The van der Waals surface area contributed by atoms with Crippen molar-refractivity contribution in [2.75, 3.05) is 17.7 Å². The van der Waals surface area contributed by atoms with Crippen molar-refractivity contribution in [3.05, 3.63) is 119 Å². The zero-order valence-electron chi connectivity index (χ0n) is 23.8. The summed E-state index contributed by atoms with van der Waals surface area (Å²) in [6.07, 6.45) is 1.59. The molecule has 222 valence electrons. The quantitative estimate of drug-likeness (QED) is 0.103. The molecular formula is C33H28N4O4S3. The highest BCUT2D eigenvalue weighted by atomic mass is 32.2. The van der Waals surface area contributed by atoms with E-state index < -0.39 is 11.8 Å². The van der Waals surface area contributed by atoms with E-state index in [4.69, 9.17) is 4.74 Å². The number of amides is 3. The number of anilines is 2. The molecule has 0 aliphatic heterocycles. The average Bonchev–Trinajstić information content (AvgIpc) is 3.75. The molecule has 1 atom stereocenters. The number of carbonyl (C=O) groups is 3. The fraction of sp³-hybridized carbons (Fsp3) is 0.0909. The summed E-state index contributed by atoms with van der Waals surface area (Å²) in [5.41, 5.74) is 2.56. The van der Waals surface area contributed by atoms with Gasteiger partial charge in [-0.2, -0.15) is 0 Å². The summed E-state index contributed by atoms with van der Waals surface area (Å²) in [4.78, 5) is 45.5. The number of hydrogen-bond acceptors (Lipinski definition) is 8. The Balaban J connectivity index is 1.23. The van der Waals surface area contributed by atoms with Crippen molar-refractivity contribution < 1.29 is 19.1 Å². The maximum Gasteiger partial charge on any atom is 0.272 e. The van der Waals surface area contributed by atoms with Gasteiger partial charge in [0, 0.05) is 21.5 Å². The molecule has 1 unspecified atom stereocenters. The van der Waals surface area contributed by atoms with Gasteiger partial charge in [-0.05, 0) is 78.5 Å². The van der Waals surface area contributed by atoms with Gasteiger partial charge >= 0.3 is 0 Å². The Morgan fingerprint density at radius 2 is 1.70 bits per heavy atom. The van der Waals surface area contributed by atoms with Gasteiger partial charge in [-0.15, -0.1) is 34.4 Å². The third kappa shape index (κ3) is 8.22. The minimum Gasteiger partial charge on any atom is -0.497 e. The number of thiazole rings is 1. The molecule has 0 saturated carbocycles. The van der Waals surface area contributed by atoms with Gasteiger partial charge in [0.15, 0.2) is 5.13 Å². The van der Waals surface area contributed by atoms with Crippen LogP contribution in [0.4, 0.5) is 10.8 Å². The predicted octanol–water partition coefficient (Wildman–Crippen LogP) is 7.41. The van der Waals surface area contributed by atoms with Crippen LogP contribution in [0.25, 0.3) is 16.6 Å². The molecule has 0 aliphatic rings. The van der Waals surface area contributed by atoms with E-state index in [1.54, 1.807) is 79.1 Å². The van der Waals surface area contributed by atoms with Crippen LogP contribution in [-0.4, -0.2) is 35.1 Å². The summed E-state index contributed by atoms with van der Waals surface area (Å²) in [6, 6.07) is 27.0. The van der Waals surface area contributed by atoms with Gasteiger partial charge < -0.3 is 20.7 Å². The third-order valence-electron chi connectivity index (χ3n) is 6.24. The second-order valence-corrected chi connectivity index (χ2v) is 12.6. The van der Waals surface area contributed by atoms with Crippen molar-refractivity contribution in [1.82, 2.24) is 10.3 Å². The number of thioether (sulfide) groups is 1. The second-order valence-electron chi connectivity index (χ2n) is 9.40. The molecule has 0 aliphatic carbocycles. The summed E-state index contributed by atoms with van der Waals surface area (Å²) in [5, 5.41) is 12.6. The largest absolute Gasteiger partial charge is 0.497 e. The number of carbonyl (C=O) groups excluding carboxylic acids is 3. The molecule has 44 heavy (non-hydrogen) atoms. The van der Waals surface area contributed by atoms with E-state index in [1.165, 1.54) is 23.1 Å². The van der Waals surface area contributed by atoms with Gasteiger partial charge in [-0.25, -0.2) is 4.98 Å². The molecule has 0 spiro atoms. The molecule has 0 fully saturated rings. The van der Waals surface area contributed by atoms with Crippen molar-refractivity contribution in [1.29, 1.82) is 0 Å². The van der Waals surface area contributed by atoms with Crippen LogP contribution in [0.3, 0.4) is 0 Å². The van der Waals surface area contributed by atoms with Gasteiger partial charge in [0.25, 0.3) is 11.8 Å². The van der Waals surface area contributed by atoms with Crippen molar-refractivity contribution in [3.8, 4) is 16.3 Å². The van der Waals surface area contributed by atoms with Gasteiger partial charge in [-0.1, -0.05) is 36.4 Å². The molecular weight excluding hydrogens is 613 g/mol. The topological polar surface area (TPSA) is 109 Å². The maximum atomic E-state index is 13.4. The van der Waals surface area contributed by atoms with Crippen LogP contribution in [0.2, 0.25) is 0 Å². The molecule has 3 aromatic carbocycles. The molecule has 5 aromatic rings. The van der Waals surface area contributed by atoms with E-state index in [9.17, 15) is 14.4 Å². The zero-order valence-corrected chi connectivity index (χ0v) is 26.2. The Hall–Kier alpha value is -4.71. The number of benzene rings is 3. The molecule has 2 aromatic heterocycles. The fourth-order valence-electron chi connectivity index (χ4n) is 3.99. The lowest BCUT2D eigenvalue weighted by Crippen LogP contribution is -2.30. The molecule has 3 amide bonds. The minimum absolute atomic E-state index is 0.0697. The number of rotatable bonds is 11. The number of methoxy groups -OCH3 is 1. The highest BCUT2D eigenvalue weighted by Gasteiger charge is 2.18. The first-order valence-electron chi connectivity index (χ1n) is 13.5. The Morgan fingerprint density at radius 1 is 0.909 bits per heavy atom. The number of thiophene rings is 1. The highest BCUT2D eigenvalue weighted by molar-refractivity contribution is 8.00. The van der Waals surface area contributed by atoms with Crippen molar-refractivity contribution in [3.63, 3.8) is 0 Å². The van der Waals surface area contributed by atoms with E-state index in [2.05, 4.69) is 20.9 Å². The zero-order chi connectivity index (χ0) is 30.9. The lowest BCUT2D eigenvalue weighted by molar-refractivity contribution is -0.115. The molecule has 2 heterocycles. The van der Waals surface area contributed by atoms with Crippen LogP contribution >= 0.6 is 34.4 Å². The van der Waals surface area contributed by atoms with Crippen LogP contribution in [0.1, 0.15) is 22.8 Å². The summed E-state index contributed by atoms with van der Waals surface area (Å²) in [5.74, 6) is -0.426. The van der Waals surface area contributed by atoms with Gasteiger partial charge in [0.2, 0.25) is 5.91 Å². The summed E-state index contributed by atoms with van der Waals surface area (Å²) < 4.78 is 5.29. The number of nitrogens with zero attached hydrogens (tertiary/aromatic N) is 1. The van der Waals surface area contributed by atoms with E-state index in [-0.39, 0.29) is 16.9 Å². The van der Waals surface area contributed by atoms with Crippen LogP contribution in [0, 0.1) is 0 Å². The first-order valence-corrected chi connectivity index (χ1v) is 16.1. The molecule has 8 nitrogen and oxygen atoms in total. The summed E-state index contributed by atoms with van der Waals surface area (Å²) in [7, 11) is 1.56. The smallest absolute Gasteiger partial charge is 0.272 e. The predicted molar refractivity (Wildman–Crippen MR) is 179 cm³/mol. The lowest BCUT2D eigenvalue weighted by Gasteiger charge is -2.13. The number of hydrogen-bond donors (Lipinski definition) is 3. The molecule has 0 bridgehead atoms. The third-order valence-corrected chi connectivity index (χ3v) is 9.00. The molecule has 0 radical (unpaired) electrons. The van der Waals surface area contributed by atoms with E-state index >= 15 is 0 Å². The summed E-state index contributed by atoms with van der Waals surface area (Å²) >= 11 is 4.39. The van der Waals surface area contributed by atoms with E-state index in [0.29, 0.717) is 27.7 Å². The van der Waals surface area contributed by atoms with Crippen LogP contribution < -0.4 is 20.7 Å². The molecule has 11 heteroatoms.